The van der Waals surface area contributed by atoms with Crippen LogP contribution in [0.1, 0.15) is 33.3 Å². The number of likely N-dealkylation sites (N-methyl/N-ethyl adjacent to an activating group) is 1. The van der Waals surface area contributed by atoms with Gasteiger partial charge in [0.15, 0.2) is 0 Å². The number of ether oxygens (including phenoxy) is 2. The number of phenolic OH excluding ortho intramolecular Hbond substituents is 1. The van der Waals surface area contributed by atoms with Crippen LogP contribution in [-0.4, -0.2) is 42.1 Å². The van der Waals surface area contributed by atoms with Gasteiger partial charge in [-0.1, -0.05) is 0 Å². The topological polar surface area (TPSA) is 76.1 Å². The van der Waals surface area contributed by atoms with E-state index in [9.17, 15) is 14.7 Å². The lowest BCUT2D eigenvalue weighted by atomic mass is 9.91. The molecule has 1 N–H and O–H groups in total. The molecule has 0 aromatic heterocycles. The van der Waals surface area contributed by atoms with Gasteiger partial charge in [0.25, 0.3) is 0 Å². The second-order valence-corrected chi connectivity index (χ2v) is 6.19. The number of aldehydes is 1. The maximum absolute atomic E-state index is 12.2. The van der Waals surface area contributed by atoms with Crippen molar-refractivity contribution in [2.24, 2.45) is 0 Å². The molecule has 0 spiro atoms. The number of phenols is 1. The summed E-state index contributed by atoms with van der Waals surface area (Å²) in [6, 6.07) is 4.50. The normalized spacial score (nSPS) is 13.9. The van der Waals surface area contributed by atoms with Gasteiger partial charge in [-0.15, -0.1) is 0 Å². The molecule has 0 aliphatic carbocycles. The van der Waals surface area contributed by atoms with E-state index >= 15 is 0 Å². The lowest BCUT2D eigenvalue weighted by Gasteiger charge is -2.36. The summed E-state index contributed by atoms with van der Waals surface area (Å²) in [5.74, 6) is 0.365. The number of nitrogens with zero attached hydrogens (tertiary/aromatic N) is 1. The van der Waals surface area contributed by atoms with Crippen LogP contribution < -0.4 is 4.74 Å². The van der Waals surface area contributed by atoms with E-state index in [1.165, 1.54) is 33.2 Å². The van der Waals surface area contributed by atoms with Crippen LogP contribution >= 0.6 is 0 Å². The third kappa shape index (κ3) is 3.69. The zero-order chi connectivity index (χ0) is 17.1. The van der Waals surface area contributed by atoms with Crippen molar-refractivity contribution in [2.75, 3.05) is 14.2 Å². The van der Waals surface area contributed by atoms with E-state index in [1.54, 1.807) is 26.8 Å². The standard InChI is InChI=1S/C16H23NO5/c1-15(2,3)22-14(20)17(5)16(4,10-18)12-9-11(21-6)7-8-13(12)19/h7-10,19H,1-6H3. The van der Waals surface area contributed by atoms with E-state index in [0.717, 1.165) is 4.90 Å². The Bertz CT molecular complexity index is 564. The van der Waals surface area contributed by atoms with Crippen molar-refractivity contribution in [2.45, 2.75) is 38.8 Å². The molecule has 0 fully saturated rings. The lowest BCUT2D eigenvalue weighted by molar-refractivity contribution is -0.117. The molecule has 0 aliphatic rings. The van der Waals surface area contributed by atoms with Gasteiger partial charge in [0.1, 0.15) is 28.9 Å². The van der Waals surface area contributed by atoms with Gasteiger partial charge < -0.3 is 19.4 Å². The molecule has 0 bridgehead atoms. The van der Waals surface area contributed by atoms with Crippen LogP contribution in [0.15, 0.2) is 18.2 Å². The molecular weight excluding hydrogens is 286 g/mol. The highest BCUT2D eigenvalue weighted by molar-refractivity contribution is 5.79. The number of carbonyl (C=O) groups excluding carboxylic acids is 2. The highest BCUT2D eigenvalue weighted by Crippen LogP contribution is 2.35. The minimum absolute atomic E-state index is 0.106. The molecule has 0 aliphatic heterocycles. The van der Waals surface area contributed by atoms with E-state index in [4.69, 9.17) is 9.47 Å². The Labute approximate surface area is 130 Å². The van der Waals surface area contributed by atoms with E-state index in [-0.39, 0.29) is 11.3 Å². The van der Waals surface area contributed by atoms with Crippen LogP contribution in [0.2, 0.25) is 0 Å². The van der Waals surface area contributed by atoms with Crippen LogP contribution in [-0.2, 0) is 15.1 Å². The average Bonchev–Trinajstić information content (AvgIpc) is 2.44. The first kappa shape index (κ1) is 17.8. The summed E-state index contributed by atoms with van der Waals surface area (Å²) in [6.07, 6.45) is -0.0740. The Kier molecular flexibility index (Phi) is 5.06. The highest BCUT2D eigenvalue weighted by Gasteiger charge is 2.39. The van der Waals surface area contributed by atoms with Gasteiger partial charge >= 0.3 is 6.09 Å². The number of amides is 1. The zero-order valence-electron chi connectivity index (χ0n) is 13.8. The van der Waals surface area contributed by atoms with E-state index < -0.39 is 17.2 Å². The fourth-order valence-electron chi connectivity index (χ4n) is 1.89. The van der Waals surface area contributed by atoms with Gasteiger partial charge in [-0.05, 0) is 45.9 Å². The molecule has 1 aromatic rings. The van der Waals surface area contributed by atoms with Crippen LogP contribution in [0.3, 0.4) is 0 Å². The second kappa shape index (κ2) is 6.25. The minimum Gasteiger partial charge on any atom is -0.508 e. The lowest BCUT2D eigenvalue weighted by Crippen LogP contribution is -2.48. The molecule has 1 rings (SSSR count). The SMILES string of the molecule is COc1ccc(O)c(C(C)(C=O)N(C)C(=O)OC(C)(C)C)c1. The van der Waals surface area contributed by atoms with E-state index in [0.29, 0.717) is 12.0 Å². The highest BCUT2D eigenvalue weighted by atomic mass is 16.6. The minimum atomic E-state index is -1.39. The zero-order valence-corrected chi connectivity index (χ0v) is 13.8. The molecule has 22 heavy (non-hydrogen) atoms. The number of benzene rings is 1. The number of aromatic hydroxyl groups is 1. The molecule has 1 atom stereocenters. The summed E-state index contributed by atoms with van der Waals surface area (Å²) in [6.45, 7) is 6.73. The van der Waals surface area contributed by atoms with E-state index in [2.05, 4.69) is 0 Å². The Morgan fingerprint density at radius 2 is 1.86 bits per heavy atom. The molecule has 0 saturated carbocycles. The Balaban J connectivity index is 3.26. The van der Waals surface area contributed by atoms with Gasteiger partial charge in [-0.25, -0.2) is 4.79 Å². The number of hydrogen-bond acceptors (Lipinski definition) is 5. The van der Waals surface area contributed by atoms with Gasteiger partial charge in [0.05, 0.1) is 7.11 Å². The summed E-state index contributed by atoms with van der Waals surface area (Å²) in [5.41, 5.74) is -1.82. The first-order chi connectivity index (χ1) is 10.0. The molecule has 122 valence electrons. The number of hydrogen-bond donors (Lipinski definition) is 1. The maximum Gasteiger partial charge on any atom is 0.411 e. The second-order valence-electron chi connectivity index (χ2n) is 6.19. The van der Waals surface area contributed by atoms with Crippen molar-refractivity contribution in [3.63, 3.8) is 0 Å². The van der Waals surface area contributed by atoms with Crippen LogP contribution in [0, 0.1) is 0 Å². The molecule has 0 heterocycles. The fraction of sp³-hybridized carbons (Fsp3) is 0.500. The first-order valence-electron chi connectivity index (χ1n) is 6.86. The van der Waals surface area contributed by atoms with Gasteiger partial charge in [0.2, 0.25) is 0 Å². The van der Waals surface area contributed by atoms with Gasteiger partial charge in [0, 0.05) is 12.6 Å². The fourth-order valence-corrected chi connectivity index (χ4v) is 1.89. The third-order valence-electron chi connectivity index (χ3n) is 3.34. The molecule has 6 heteroatoms. The van der Waals surface area contributed by atoms with Crippen molar-refractivity contribution >= 4 is 12.4 Å². The summed E-state index contributed by atoms with van der Waals surface area (Å²) >= 11 is 0. The third-order valence-corrected chi connectivity index (χ3v) is 3.34. The quantitative estimate of drug-likeness (QED) is 0.865. The van der Waals surface area contributed by atoms with Crippen LogP contribution in [0.5, 0.6) is 11.5 Å². The van der Waals surface area contributed by atoms with Crippen LogP contribution in [0.25, 0.3) is 0 Å². The van der Waals surface area contributed by atoms with Crippen LogP contribution in [0.4, 0.5) is 4.79 Å². The summed E-state index contributed by atoms with van der Waals surface area (Å²) in [5, 5.41) is 10.1. The van der Waals surface area contributed by atoms with E-state index in [1.807, 2.05) is 0 Å². The summed E-state index contributed by atoms with van der Waals surface area (Å²) < 4.78 is 10.4. The Hall–Kier alpha value is -2.24. The predicted octanol–water partition coefficient (Wildman–Crippen LogP) is 2.68. The predicted molar refractivity (Wildman–Crippen MR) is 82.1 cm³/mol. The van der Waals surface area contributed by atoms with Crippen molar-refractivity contribution in [1.82, 2.24) is 4.90 Å². The molecule has 1 amide bonds. The molecule has 0 saturated heterocycles. The molecule has 0 radical (unpaired) electrons. The average molecular weight is 309 g/mol. The summed E-state index contributed by atoms with van der Waals surface area (Å²) in [4.78, 5) is 25.1. The molecule has 1 unspecified atom stereocenters. The largest absolute Gasteiger partial charge is 0.508 e. The summed E-state index contributed by atoms with van der Waals surface area (Å²) in [7, 11) is 2.92. The van der Waals surface area contributed by atoms with Crippen molar-refractivity contribution in [1.29, 1.82) is 0 Å². The molecule has 1 aromatic carbocycles. The van der Waals surface area contributed by atoms with Gasteiger partial charge in [-0.3, -0.25) is 4.90 Å². The number of rotatable bonds is 4. The molecular formula is C16H23NO5. The number of carbonyl (C=O) groups is 2. The Morgan fingerprint density at radius 1 is 1.27 bits per heavy atom. The van der Waals surface area contributed by atoms with Gasteiger partial charge in [-0.2, -0.15) is 0 Å². The number of methoxy groups -OCH3 is 1. The molecule has 6 nitrogen and oxygen atoms in total. The van der Waals surface area contributed by atoms with Crippen molar-refractivity contribution in [3.8, 4) is 11.5 Å². The van der Waals surface area contributed by atoms with Crippen molar-refractivity contribution < 1.29 is 24.2 Å². The first-order valence-corrected chi connectivity index (χ1v) is 6.86. The smallest absolute Gasteiger partial charge is 0.411 e. The van der Waals surface area contributed by atoms with Crippen molar-refractivity contribution in [3.05, 3.63) is 23.8 Å². The monoisotopic (exact) mass is 309 g/mol. The maximum atomic E-state index is 12.2. The Morgan fingerprint density at radius 3 is 2.32 bits per heavy atom.